The van der Waals surface area contributed by atoms with E-state index >= 15 is 0 Å². The zero-order chi connectivity index (χ0) is 21.2. The second-order valence-electron chi connectivity index (χ2n) is 6.39. The first-order chi connectivity index (χ1) is 14.7. The van der Waals surface area contributed by atoms with E-state index in [1.807, 2.05) is 31.2 Å². The summed E-state index contributed by atoms with van der Waals surface area (Å²) in [5, 5.41) is 5.68. The van der Waals surface area contributed by atoms with Gasteiger partial charge >= 0.3 is 0 Å². The monoisotopic (exact) mass is 404 g/mol. The molecule has 6 heteroatoms. The molecule has 0 radical (unpaired) electrons. The predicted octanol–water partition coefficient (Wildman–Crippen LogP) is 4.61. The number of rotatable bonds is 9. The summed E-state index contributed by atoms with van der Waals surface area (Å²) in [6.07, 6.45) is 0. The van der Waals surface area contributed by atoms with Gasteiger partial charge in [-0.1, -0.05) is 30.3 Å². The first-order valence-electron chi connectivity index (χ1n) is 9.74. The number of hydrogen-bond donors (Lipinski definition) is 2. The lowest BCUT2D eigenvalue weighted by Crippen LogP contribution is -2.15. The van der Waals surface area contributed by atoms with E-state index in [0.29, 0.717) is 48.1 Å². The molecule has 2 N–H and O–H groups in total. The van der Waals surface area contributed by atoms with Crippen molar-refractivity contribution in [3.8, 4) is 5.75 Å². The molecule has 30 heavy (non-hydrogen) atoms. The van der Waals surface area contributed by atoms with Crippen molar-refractivity contribution >= 4 is 23.2 Å². The maximum Gasteiger partial charge on any atom is 0.259 e. The van der Waals surface area contributed by atoms with Gasteiger partial charge in [-0.3, -0.25) is 9.59 Å². The first-order valence-corrected chi connectivity index (χ1v) is 9.74. The number of carbonyl (C=O) groups is 2. The minimum Gasteiger partial charge on any atom is -0.490 e. The lowest BCUT2D eigenvalue weighted by Gasteiger charge is -2.12. The predicted molar refractivity (Wildman–Crippen MR) is 117 cm³/mol. The number of para-hydroxylation sites is 1. The number of amides is 2. The molecule has 0 aliphatic heterocycles. The Kier molecular flexibility index (Phi) is 7.58. The highest BCUT2D eigenvalue weighted by Gasteiger charge is 2.13. The molecule has 0 spiro atoms. The lowest BCUT2D eigenvalue weighted by atomic mass is 10.1. The van der Waals surface area contributed by atoms with Gasteiger partial charge < -0.3 is 20.1 Å². The summed E-state index contributed by atoms with van der Waals surface area (Å²) in [5.74, 6) is 0.0371. The summed E-state index contributed by atoms with van der Waals surface area (Å²) >= 11 is 0. The van der Waals surface area contributed by atoms with Crippen molar-refractivity contribution in [3.63, 3.8) is 0 Å². The number of hydrogen-bond acceptors (Lipinski definition) is 4. The van der Waals surface area contributed by atoms with Gasteiger partial charge in [0.05, 0.1) is 12.2 Å². The third-order valence-corrected chi connectivity index (χ3v) is 4.26. The van der Waals surface area contributed by atoms with Gasteiger partial charge in [-0.25, -0.2) is 0 Å². The number of carbonyl (C=O) groups excluding carboxylic acids is 2. The van der Waals surface area contributed by atoms with Gasteiger partial charge in [0.1, 0.15) is 12.4 Å². The normalized spacial score (nSPS) is 10.3. The summed E-state index contributed by atoms with van der Waals surface area (Å²) in [6, 6.07) is 23.0. The van der Waals surface area contributed by atoms with Crippen LogP contribution in [0.15, 0.2) is 78.9 Å². The van der Waals surface area contributed by atoms with Crippen LogP contribution in [0.5, 0.6) is 5.75 Å². The van der Waals surface area contributed by atoms with Crippen LogP contribution in [0.25, 0.3) is 0 Å². The summed E-state index contributed by atoms with van der Waals surface area (Å²) in [5.41, 5.74) is 2.27. The molecule has 0 fully saturated rings. The van der Waals surface area contributed by atoms with Crippen LogP contribution in [-0.2, 0) is 4.74 Å². The molecule has 0 heterocycles. The molecule has 3 aromatic rings. The topological polar surface area (TPSA) is 76.7 Å². The van der Waals surface area contributed by atoms with Crippen LogP contribution in [-0.4, -0.2) is 31.6 Å². The van der Waals surface area contributed by atoms with Crippen molar-refractivity contribution in [1.29, 1.82) is 0 Å². The average Bonchev–Trinajstić information content (AvgIpc) is 2.79. The molecule has 3 rings (SSSR count). The molecule has 0 saturated heterocycles. The molecular weight excluding hydrogens is 380 g/mol. The molecule has 2 amide bonds. The van der Waals surface area contributed by atoms with Crippen LogP contribution in [0, 0.1) is 0 Å². The quantitative estimate of drug-likeness (QED) is 0.511. The maximum absolute atomic E-state index is 12.7. The Morgan fingerprint density at radius 1 is 0.733 bits per heavy atom. The summed E-state index contributed by atoms with van der Waals surface area (Å²) < 4.78 is 10.9. The van der Waals surface area contributed by atoms with Crippen molar-refractivity contribution < 1.29 is 19.1 Å². The Bertz CT molecular complexity index is 972. The van der Waals surface area contributed by atoms with E-state index in [0.717, 1.165) is 0 Å². The van der Waals surface area contributed by atoms with E-state index in [4.69, 9.17) is 9.47 Å². The Morgan fingerprint density at radius 3 is 2.00 bits per heavy atom. The molecule has 0 aliphatic rings. The van der Waals surface area contributed by atoms with E-state index in [-0.39, 0.29) is 11.8 Å². The van der Waals surface area contributed by atoms with Gasteiger partial charge in [0, 0.05) is 23.5 Å². The zero-order valence-electron chi connectivity index (χ0n) is 16.8. The van der Waals surface area contributed by atoms with Gasteiger partial charge in [-0.2, -0.15) is 0 Å². The van der Waals surface area contributed by atoms with Crippen molar-refractivity contribution in [2.45, 2.75) is 6.92 Å². The third-order valence-electron chi connectivity index (χ3n) is 4.26. The molecule has 0 saturated carbocycles. The highest BCUT2D eigenvalue weighted by molar-refractivity contribution is 6.07. The Morgan fingerprint density at radius 2 is 1.33 bits per heavy atom. The first kappa shape index (κ1) is 21.1. The smallest absolute Gasteiger partial charge is 0.259 e. The van der Waals surface area contributed by atoms with Crippen LogP contribution in [0.2, 0.25) is 0 Å². The van der Waals surface area contributed by atoms with Crippen LogP contribution in [0.1, 0.15) is 27.6 Å². The second kappa shape index (κ2) is 10.8. The second-order valence-corrected chi connectivity index (χ2v) is 6.39. The van der Waals surface area contributed by atoms with Gasteiger partial charge in [0.15, 0.2) is 0 Å². The van der Waals surface area contributed by atoms with Crippen LogP contribution in [0.3, 0.4) is 0 Å². The fourth-order valence-electron chi connectivity index (χ4n) is 2.76. The molecular formula is C24H24N2O4. The number of anilines is 2. The van der Waals surface area contributed by atoms with Gasteiger partial charge in [-0.05, 0) is 55.5 Å². The number of nitrogens with one attached hydrogen (secondary N) is 2. The molecule has 0 unspecified atom stereocenters. The minimum absolute atomic E-state index is 0.189. The highest BCUT2D eigenvalue weighted by atomic mass is 16.5. The highest BCUT2D eigenvalue weighted by Crippen LogP contribution is 2.21. The number of benzene rings is 3. The van der Waals surface area contributed by atoms with E-state index in [2.05, 4.69) is 10.6 Å². The molecule has 0 aliphatic carbocycles. The van der Waals surface area contributed by atoms with E-state index in [9.17, 15) is 9.59 Å². The average molecular weight is 404 g/mol. The van der Waals surface area contributed by atoms with E-state index in [1.54, 1.807) is 54.6 Å². The van der Waals surface area contributed by atoms with Crippen LogP contribution >= 0.6 is 0 Å². The van der Waals surface area contributed by atoms with Gasteiger partial charge in [0.25, 0.3) is 11.8 Å². The van der Waals surface area contributed by atoms with Gasteiger partial charge in [-0.15, -0.1) is 0 Å². The van der Waals surface area contributed by atoms with Crippen molar-refractivity contribution in [1.82, 2.24) is 0 Å². The lowest BCUT2D eigenvalue weighted by molar-refractivity contribution is 0.0996. The summed E-state index contributed by atoms with van der Waals surface area (Å²) in [7, 11) is 0. The molecule has 0 atom stereocenters. The summed E-state index contributed by atoms with van der Waals surface area (Å²) in [4.78, 5) is 24.9. The fraction of sp³-hybridized carbons (Fsp3) is 0.167. The SMILES string of the molecule is CCOCCOc1ccccc1C(=O)Nc1ccc(NC(=O)c2ccccc2)cc1. The molecule has 0 bridgehead atoms. The maximum atomic E-state index is 12.7. The molecule has 0 aromatic heterocycles. The summed E-state index contributed by atoms with van der Waals surface area (Å²) in [6.45, 7) is 3.36. The Labute approximate surface area is 175 Å². The standard InChI is InChI=1S/C24H24N2O4/c1-2-29-16-17-30-22-11-7-6-10-21(22)24(28)26-20-14-12-19(13-15-20)25-23(27)18-8-4-3-5-9-18/h3-15H,2,16-17H2,1H3,(H,25,27)(H,26,28). The molecule has 3 aromatic carbocycles. The number of ether oxygens (including phenoxy) is 2. The Hall–Kier alpha value is -3.64. The Balaban J connectivity index is 1.60. The minimum atomic E-state index is -0.275. The van der Waals surface area contributed by atoms with E-state index in [1.165, 1.54) is 0 Å². The van der Waals surface area contributed by atoms with Crippen LogP contribution < -0.4 is 15.4 Å². The molecule has 154 valence electrons. The third kappa shape index (κ3) is 5.93. The van der Waals surface area contributed by atoms with Crippen molar-refractivity contribution in [2.75, 3.05) is 30.5 Å². The van der Waals surface area contributed by atoms with Gasteiger partial charge in [0.2, 0.25) is 0 Å². The molecule has 6 nitrogen and oxygen atoms in total. The largest absolute Gasteiger partial charge is 0.490 e. The van der Waals surface area contributed by atoms with E-state index < -0.39 is 0 Å². The van der Waals surface area contributed by atoms with Crippen molar-refractivity contribution in [2.24, 2.45) is 0 Å². The van der Waals surface area contributed by atoms with Crippen molar-refractivity contribution in [3.05, 3.63) is 90.0 Å². The van der Waals surface area contributed by atoms with Crippen LogP contribution in [0.4, 0.5) is 11.4 Å². The fourth-order valence-corrected chi connectivity index (χ4v) is 2.76. The zero-order valence-corrected chi connectivity index (χ0v) is 16.8.